The Balaban J connectivity index is 2.20. The van der Waals surface area contributed by atoms with Crippen molar-refractivity contribution in [3.63, 3.8) is 0 Å². The molecule has 1 aromatic carbocycles. The van der Waals surface area contributed by atoms with Crippen LogP contribution >= 0.6 is 0 Å². The van der Waals surface area contributed by atoms with E-state index in [0.717, 1.165) is 16.9 Å². The zero-order chi connectivity index (χ0) is 12.6. The minimum absolute atomic E-state index is 0.0714. The highest BCUT2D eigenvalue weighted by Crippen LogP contribution is 2.25. The van der Waals surface area contributed by atoms with E-state index in [1.54, 1.807) is 0 Å². The fraction of sp³-hybridized carbons (Fsp3) is 0.500. The summed E-state index contributed by atoms with van der Waals surface area (Å²) in [5.41, 5.74) is 8.64. The maximum Gasteiger partial charge on any atom is 0.152 e. The van der Waals surface area contributed by atoms with Crippen LogP contribution in [0.15, 0.2) is 18.2 Å². The van der Waals surface area contributed by atoms with Crippen LogP contribution in [0.25, 0.3) is 0 Å². The van der Waals surface area contributed by atoms with Gasteiger partial charge in [0.1, 0.15) is 0 Å². The van der Waals surface area contributed by atoms with Crippen molar-refractivity contribution in [1.82, 2.24) is 0 Å². The van der Waals surface area contributed by atoms with Crippen LogP contribution < -0.4 is 10.6 Å². The van der Waals surface area contributed by atoms with Gasteiger partial charge in [-0.15, -0.1) is 0 Å². The molecule has 0 saturated carbocycles. The second-order valence-corrected chi connectivity index (χ2v) is 6.94. The zero-order valence-electron chi connectivity index (χ0n) is 10.2. The second-order valence-electron chi connectivity index (χ2n) is 4.71. The Kier molecular flexibility index (Phi) is 3.03. The number of sulfone groups is 1. The fourth-order valence-electron chi connectivity index (χ4n) is 2.14. The van der Waals surface area contributed by atoms with Gasteiger partial charge >= 0.3 is 0 Å². The summed E-state index contributed by atoms with van der Waals surface area (Å²) in [6.07, 6.45) is 0.701. The number of benzene rings is 1. The lowest BCUT2D eigenvalue weighted by molar-refractivity contribution is 0.601. The van der Waals surface area contributed by atoms with Crippen molar-refractivity contribution in [2.24, 2.45) is 0 Å². The standard InChI is InChI=1S/C12H18N2O2S/c1-9-3-4-10(7-12(9)13)14(2)11-5-6-17(15,16)8-11/h3-4,7,11H,5-6,8,13H2,1-2H3. The first-order valence-corrected chi connectivity index (χ1v) is 7.50. The molecule has 2 rings (SSSR count). The van der Waals surface area contributed by atoms with E-state index < -0.39 is 9.84 Å². The molecule has 0 amide bonds. The molecule has 1 fully saturated rings. The summed E-state index contributed by atoms with van der Waals surface area (Å²) in [6, 6.07) is 5.92. The van der Waals surface area contributed by atoms with Gasteiger partial charge in [-0.25, -0.2) is 8.42 Å². The lowest BCUT2D eigenvalue weighted by Crippen LogP contribution is -2.32. The summed E-state index contributed by atoms with van der Waals surface area (Å²) in [6.45, 7) is 1.96. The van der Waals surface area contributed by atoms with E-state index in [9.17, 15) is 8.42 Å². The van der Waals surface area contributed by atoms with E-state index in [1.165, 1.54) is 0 Å². The normalized spacial score (nSPS) is 22.6. The molecule has 17 heavy (non-hydrogen) atoms. The van der Waals surface area contributed by atoms with Gasteiger partial charge in [-0.2, -0.15) is 0 Å². The highest BCUT2D eigenvalue weighted by molar-refractivity contribution is 7.91. The lowest BCUT2D eigenvalue weighted by Gasteiger charge is -2.26. The van der Waals surface area contributed by atoms with Crippen LogP contribution in [0, 0.1) is 6.92 Å². The quantitative estimate of drug-likeness (QED) is 0.806. The minimum atomic E-state index is -2.84. The van der Waals surface area contributed by atoms with Gasteiger partial charge in [0.05, 0.1) is 11.5 Å². The smallest absolute Gasteiger partial charge is 0.152 e. The van der Waals surface area contributed by atoms with Gasteiger partial charge in [-0.1, -0.05) is 6.07 Å². The number of hydrogen-bond donors (Lipinski definition) is 1. The molecule has 5 heteroatoms. The van der Waals surface area contributed by atoms with Gasteiger partial charge < -0.3 is 10.6 Å². The van der Waals surface area contributed by atoms with Crippen molar-refractivity contribution < 1.29 is 8.42 Å². The average Bonchev–Trinajstić information content (AvgIpc) is 2.62. The second kappa shape index (κ2) is 4.22. The SMILES string of the molecule is Cc1ccc(N(C)C2CCS(=O)(=O)C2)cc1N. The molecule has 0 aromatic heterocycles. The molecule has 0 bridgehead atoms. The Labute approximate surface area is 102 Å². The number of rotatable bonds is 2. The van der Waals surface area contributed by atoms with Gasteiger partial charge in [0.15, 0.2) is 9.84 Å². The third kappa shape index (κ3) is 2.54. The maximum absolute atomic E-state index is 11.4. The summed E-state index contributed by atoms with van der Waals surface area (Å²) in [5, 5.41) is 0. The van der Waals surface area contributed by atoms with Gasteiger partial charge in [-0.3, -0.25) is 0 Å². The maximum atomic E-state index is 11.4. The molecule has 0 radical (unpaired) electrons. The monoisotopic (exact) mass is 254 g/mol. The van der Waals surface area contributed by atoms with Crippen LogP contribution in [-0.4, -0.2) is 33.0 Å². The molecule has 2 N–H and O–H groups in total. The van der Waals surface area contributed by atoms with E-state index in [4.69, 9.17) is 5.73 Å². The Morgan fingerprint density at radius 3 is 2.65 bits per heavy atom. The van der Waals surface area contributed by atoms with Crippen molar-refractivity contribution in [3.05, 3.63) is 23.8 Å². The first kappa shape index (κ1) is 12.2. The van der Waals surface area contributed by atoms with Gasteiger partial charge in [0.25, 0.3) is 0 Å². The van der Waals surface area contributed by atoms with Crippen molar-refractivity contribution in [3.8, 4) is 0 Å². The molecular weight excluding hydrogens is 236 g/mol. The van der Waals surface area contributed by atoms with E-state index in [2.05, 4.69) is 0 Å². The Hall–Kier alpha value is -1.23. The predicted molar refractivity (Wildman–Crippen MR) is 71.1 cm³/mol. The van der Waals surface area contributed by atoms with E-state index in [0.29, 0.717) is 12.2 Å². The van der Waals surface area contributed by atoms with Gasteiger partial charge in [-0.05, 0) is 31.0 Å². The third-order valence-electron chi connectivity index (χ3n) is 3.43. The van der Waals surface area contributed by atoms with Crippen LogP contribution in [0.1, 0.15) is 12.0 Å². The highest BCUT2D eigenvalue weighted by atomic mass is 32.2. The fourth-order valence-corrected chi connectivity index (χ4v) is 3.91. The zero-order valence-corrected chi connectivity index (χ0v) is 11.0. The summed E-state index contributed by atoms with van der Waals surface area (Å²) < 4.78 is 22.9. The van der Waals surface area contributed by atoms with Gasteiger partial charge in [0, 0.05) is 24.5 Å². The van der Waals surface area contributed by atoms with Crippen LogP contribution in [-0.2, 0) is 9.84 Å². The summed E-state index contributed by atoms with van der Waals surface area (Å²) in [7, 11) is -0.913. The number of hydrogen-bond acceptors (Lipinski definition) is 4. The minimum Gasteiger partial charge on any atom is -0.398 e. The van der Waals surface area contributed by atoms with E-state index >= 15 is 0 Å². The molecule has 0 aliphatic carbocycles. The van der Waals surface area contributed by atoms with E-state index in [1.807, 2.05) is 37.1 Å². The molecule has 1 heterocycles. The molecular formula is C12H18N2O2S. The molecule has 1 unspecified atom stereocenters. The van der Waals surface area contributed by atoms with Crippen LogP contribution in [0.5, 0.6) is 0 Å². The lowest BCUT2D eigenvalue weighted by atomic mass is 10.1. The Bertz CT molecular complexity index is 525. The summed E-state index contributed by atoms with van der Waals surface area (Å²) in [4.78, 5) is 2.01. The highest BCUT2D eigenvalue weighted by Gasteiger charge is 2.30. The Morgan fingerprint density at radius 2 is 2.12 bits per heavy atom. The summed E-state index contributed by atoms with van der Waals surface area (Å²) >= 11 is 0. The largest absolute Gasteiger partial charge is 0.398 e. The molecule has 1 aliphatic rings. The molecule has 1 saturated heterocycles. The topological polar surface area (TPSA) is 63.4 Å². The van der Waals surface area contributed by atoms with Crippen LogP contribution in [0.3, 0.4) is 0 Å². The molecule has 1 atom stereocenters. The number of aryl methyl sites for hydroxylation is 1. The average molecular weight is 254 g/mol. The van der Waals surface area contributed by atoms with Crippen molar-refractivity contribution in [2.75, 3.05) is 29.2 Å². The molecule has 0 spiro atoms. The predicted octanol–water partition coefficient (Wildman–Crippen LogP) is 1.20. The van der Waals surface area contributed by atoms with Crippen LogP contribution in [0.4, 0.5) is 11.4 Å². The van der Waals surface area contributed by atoms with E-state index in [-0.39, 0.29) is 11.8 Å². The molecule has 1 aromatic rings. The van der Waals surface area contributed by atoms with Crippen LogP contribution in [0.2, 0.25) is 0 Å². The molecule has 1 aliphatic heterocycles. The van der Waals surface area contributed by atoms with Gasteiger partial charge in [0.2, 0.25) is 0 Å². The number of nitrogens with zero attached hydrogens (tertiary/aromatic N) is 1. The number of nitrogens with two attached hydrogens (primary N) is 1. The first-order valence-electron chi connectivity index (χ1n) is 5.68. The molecule has 94 valence electrons. The number of anilines is 2. The first-order chi connectivity index (χ1) is 7.89. The summed E-state index contributed by atoms with van der Waals surface area (Å²) in [5.74, 6) is 0.542. The Morgan fingerprint density at radius 1 is 1.41 bits per heavy atom. The number of nitrogen functional groups attached to an aromatic ring is 1. The van der Waals surface area contributed by atoms with Crippen molar-refractivity contribution in [1.29, 1.82) is 0 Å². The van der Waals surface area contributed by atoms with Crippen molar-refractivity contribution in [2.45, 2.75) is 19.4 Å². The van der Waals surface area contributed by atoms with Crippen molar-refractivity contribution >= 4 is 21.2 Å². The third-order valence-corrected chi connectivity index (χ3v) is 5.18. The molecule has 4 nitrogen and oxygen atoms in total.